The van der Waals surface area contributed by atoms with Gasteiger partial charge in [0.2, 0.25) is 11.5 Å². The van der Waals surface area contributed by atoms with Gasteiger partial charge in [-0.1, -0.05) is 175 Å². The third-order valence-corrected chi connectivity index (χ3v) is 13.3. The molecule has 0 spiro atoms. The summed E-state index contributed by atoms with van der Waals surface area (Å²) in [5.41, 5.74) is -0.695. The summed E-state index contributed by atoms with van der Waals surface area (Å²) in [7, 11) is 0. The van der Waals surface area contributed by atoms with Gasteiger partial charge in [-0.25, -0.2) is 28.8 Å². The van der Waals surface area contributed by atoms with Crippen molar-refractivity contribution in [3.05, 3.63) is 196 Å². The fourth-order valence-electron chi connectivity index (χ4n) is 8.09. The van der Waals surface area contributed by atoms with Gasteiger partial charge in [0.1, 0.15) is 28.2 Å². The molecule has 6 aromatic carbocycles. The highest BCUT2D eigenvalue weighted by molar-refractivity contribution is 5.94. The number of aromatic carboxylic acids is 6. The van der Waals surface area contributed by atoms with E-state index in [-0.39, 0.29) is 50.5 Å². The Morgan fingerprint density at radius 2 is 0.657 bits per heavy atom. The Balaban J connectivity index is -0.000000351. The Labute approximate surface area is 591 Å². The molecule has 13 N–H and O–H groups in total. The molecule has 0 amide bonds. The van der Waals surface area contributed by atoms with Crippen molar-refractivity contribution >= 4 is 64.8 Å². The van der Waals surface area contributed by atoms with Gasteiger partial charge >= 0.3 is 64.8 Å². The first-order chi connectivity index (χ1) is 46.5. The SMILES string of the molecule is C.C.C.CCCCCCCCCCC(=O)O.CCCCCCCCCCCCC(=O)O.Cc1cc(C(=O)O)c(O)c([N+](=O)[O-])c1.Cc1cc(C(=O)O)c(O)c([N+](=O)[O-])c1.Cc1ccc(C(=O)O)cc1.O=C(O)c1ccc(O)c([N+](=O)[O-])c1.O=C(O)c1cccc(O)c1.O=C(O)c1ccccc1O. The minimum absolute atomic E-state index is 0. The number of nitro benzene ring substituents is 3. The van der Waals surface area contributed by atoms with Crippen molar-refractivity contribution in [1.82, 2.24) is 0 Å². The summed E-state index contributed by atoms with van der Waals surface area (Å²) in [6.45, 7) is 9.40. The largest absolute Gasteiger partial charge is 0.508 e. The van der Waals surface area contributed by atoms with Gasteiger partial charge in [0, 0.05) is 31.0 Å². The van der Waals surface area contributed by atoms with Gasteiger partial charge in [-0.05, 0) is 111 Å². The summed E-state index contributed by atoms with van der Waals surface area (Å²) >= 11 is 0. The molecule has 0 aliphatic heterocycles. The first-order valence-corrected chi connectivity index (χ1v) is 30.9. The van der Waals surface area contributed by atoms with E-state index in [1.165, 1.54) is 152 Å². The average Bonchev–Trinajstić information content (AvgIpc) is 0.833. The van der Waals surface area contributed by atoms with Crippen LogP contribution in [0.1, 0.15) is 243 Å². The van der Waals surface area contributed by atoms with Gasteiger partial charge in [0.05, 0.1) is 31.5 Å². The second-order valence-electron chi connectivity index (χ2n) is 21.5. The average molecular weight is 1440 g/mol. The van der Waals surface area contributed by atoms with Crippen molar-refractivity contribution in [1.29, 1.82) is 0 Å². The molecular formula is C72H99N3O27. The molecule has 0 aliphatic carbocycles. The quantitative estimate of drug-likeness (QED) is 0.0118. The number of nitro groups is 3. The number of phenolic OH excluding ortho intramolecular Hbond substituents is 2. The van der Waals surface area contributed by atoms with E-state index in [1.807, 2.05) is 6.92 Å². The number of hydrogen-bond donors (Lipinski definition) is 13. The molecule has 0 saturated carbocycles. The first kappa shape index (κ1) is 98.9. The normalized spacial score (nSPS) is 9.46. The number of nitrogens with zero attached hydrogens (tertiary/aromatic N) is 3. The molecule has 564 valence electrons. The van der Waals surface area contributed by atoms with E-state index in [9.17, 15) is 78.9 Å². The number of rotatable bonds is 29. The summed E-state index contributed by atoms with van der Waals surface area (Å²) in [4.78, 5) is 111. The zero-order valence-corrected chi connectivity index (χ0v) is 55.5. The molecule has 6 aromatic rings. The molecule has 6 rings (SSSR count). The Bertz CT molecular complexity index is 3420. The predicted molar refractivity (Wildman–Crippen MR) is 382 cm³/mol. The van der Waals surface area contributed by atoms with Gasteiger partial charge in [-0.2, -0.15) is 0 Å². The number of carbonyl (C=O) groups is 8. The summed E-state index contributed by atoms with van der Waals surface area (Å²) in [5.74, 6) is -10.8. The van der Waals surface area contributed by atoms with Crippen molar-refractivity contribution in [2.24, 2.45) is 0 Å². The van der Waals surface area contributed by atoms with Gasteiger partial charge < -0.3 is 66.4 Å². The van der Waals surface area contributed by atoms with Gasteiger partial charge in [0.25, 0.3) is 0 Å². The number of para-hydroxylation sites is 1. The van der Waals surface area contributed by atoms with Gasteiger partial charge in [-0.15, -0.1) is 0 Å². The Hall–Kier alpha value is -11.7. The molecule has 102 heavy (non-hydrogen) atoms. The smallest absolute Gasteiger partial charge is 0.339 e. The van der Waals surface area contributed by atoms with E-state index in [1.54, 1.807) is 36.4 Å². The fourth-order valence-corrected chi connectivity index (χ4v) is 8.09. The van der Waals surface area contributed by atoms with Crippen LogP contribution in [0.5, 0.6) is 28.7 Å². The second-order valence-corrected chi connectivity index (χ2v) is 21.5. The number of aromatic hydroxyl groups is 5. The van der Waals surface area contributed by atoms with Crippen molar-refractivity contribution in [2.45, 2.75) is 185 Å². The van der Waals surface area contributed by atoms with Crippen molar-refractivity contribution < 1.29 is 120 Å². The number of carboxylic acid groups (broad SMARTS) is 8. The molecule has 30 heteroatoms. The highest BCUT2D eigenvalue weighted by atomic mass is 16.6. The van der Waals surface area contributed by atoms with E-state index >= 15 is 0 Å². The molecule has 0 heterocycles. The summed E-state index contributed by atoms with van der Waals surface area (Å²) in [6, 6.07) is 25.5. The molecule has 0 radical (unpaired) electrons. The molecule has 0 bridgehead atoms. The van der Waals surface area contributed by atoms with E-state index in [2.05, 4.69) is 13.8 Å². The highest BCUT2D eigenvalue weighted by Crippen LogP contribution is 2.32. The van der Waals surface area contributed by atoms with Crippen molar-refractivity contribution in [2.75, 3.05) is 0 Å². The van der Waals surface area contributed by atoms with Crippen LogP contribution in [0.4, 0.5) is 17.1 Å². The maximum absolute atomic E-state index is 10.6. The lowest BCUT2D eigenvalue weighted by Crippen LogP contribution is -2.00. The molecular weight excluding hydrogens is 1340 g/mol. The van der Waals surface area contributed by atoms with Gasteiger partial charge in [0.15, 0.2) is 5.75 Å². The molecule has 0 unspecified atom stereocenters. The maximum Gasteiger partial charge on any atom is 0.339 e. The van der Waals surface area contributed by atoms with Crippen LogP contribution in [0.3, 0.4) is 0 Å². The predicted octanol–water partition coefficient (Wildman–Crippen LogP) is 17.4. The summed E-state index contributed by atoms with van der Waals surface area (Å²) < 4.78 is 0. The topological polar surface area (TPSA) is 529 Å². The van der Waals surface area contributed by atoms with Crippen molar-refractivity contribution in [3.63, 3.8) is 0 Å². The lowest BCUT2D eigenvalue weighted by Gasteiger charge is -2.01. The Kier molecular flexibility index (Phi) is 54.5. The third-order valence-electron chi connectivity index (χ3n) is 13.3. The minimum atomic E-state index is -1.39. The van der Waals surface area contributed by atoms with Crippen LogP contribution in [0.15, 0.2) is 115 Å². The number of unbranched alkanes of at least 4 members (excludes halogenated alkanes) is 16. The molecule has 0 saturated heterocycles. The monoisotopic (exact) mass is 1440 g/mol. The number of aryl methyl sites for hydroxylation is 3. The lowest BCUT2D eigenvalue weighted by molar-refractivity contribution is -0.386. The molecule has 0 atom stereocenters. The van der Waals surface area contributed by atoms with Crippen LogP contribution in [0.2, 0.25) is 0 Å². The standard InChI is InChI=1S/C13H26O2.C11H22O2.2C8H7NO5.C8H8O2.C7H5NO5.2C7H6O3.3CH4/c1-2-3-4-5-6-7-8-9-10-11-12-13(14)15;1-2-3-4-5-6-7-8-9-10-11(12)13;2*1-4-2-5(8(11)12)7(10)6(3-4)9(13)14;1-6-2-4-7(5-3-6)8(9)10;9-6-2-1-4(7(10)11)3-5(6)8(12)13;8-6-3-1-2-5(4-6)7(9)10;8-6-4-2-1-3-5(6)7(9)10;;;/h2-12H2,1H3,(H,14,15);2-10H2,1H3,(H,12,13);2*2-3,10H,1H3,(H,11,12);2-5H,1H3,(H,9,10);1-3,9H,(H,10,11);2*1-4,8H,(H,9,10);3*1H4. The zero-order chi connectivity index (χ0) is 75.7. The number of benzene rings is 6. The van der Waals surface area contributed by atoms with Gasteiger partial charge in [-0.3, -0.25) is 39.9 Å². The molecule has 0 fully saturated rings. The second kappa shape index (κ2) is 56.2. The Morgan fingerprint density at radius 3 is 0.951 bits per heavy atom. The number of aliphatic carboxylic acids is 2. The van der Waals surface area contributed by atoms with E-state index in [0.717, 1.165) is 61.6 Å². The number of carboxylic acids is 8. The highest BCUT2D eigenvalue weighted by Gasteiger charge is 2.23. The maximum atomic E-state index is 10.6. The van der Waals surface area contributed by atoms with Crippen LogP contribution in [0.25, 0.3) is 0 Å². The van der Waals surface area contributed by atoms with E-state index in [4.69, 9.17) is 56.2 Å². The molecule has 30 nitrogen and oxygen atoms in total. The molecule has 0 aromatic heterocycles. The minimum Gasteiger partial charge on any atom is -0.508 e. The first-order valence-electron chi connectivity index (χ1n) is 30.9. The van der Waals surface area contributed by atoms with E-state index < -0.39 is 108 Å². The van der Waals surface area contributed by atoms with E-state index in [0.29, 0.717) is 29.5 Å². The third kappa shape index (κ3) is 45.0. The van der Waals surface area contributed by atoms with Crippen molar-refractivity contribution in [3.8, 4) is 28.7 Å². The van der Waals surface area contributed by atoms with Crippen LogP contribution in [-0.4, -0.2) is 129 Å². The summed E-state index contributed by atoms with van der Waals surface area (Å²) in [5, 5.41) is 144. The fraction of sp³-hybridized carbons (Fsp3) is 0.389. The van der Waals surface area contributed by atoms with Crippen LogP contribution >= 0.6 is 0 Å². The van der Waals surface area contributed by atoms with Crippen LogP contribution in [0, 0.1) is 51.1 Å². The molecule has 0 aliphatic rings. The summed E-state index contributed by atoms with van der Waals surface area (Å²) in [6.07, 6.45) is 23.0. The van der Waals surface area contributed by atoms with Crippen LogP contribution in [-0.2, 0) is 9.59 Å². The zero-order valence-electron chi connectivity index (χ0n) is 55.5. The number of phenols is 5. The Morgan fingerprint density at radius 1 is 0.324 bits per heavy atom. The van der Waals surface area contributed by atoms with Crippen LogP contribution < -0.4 is 0 Å². The number of hydrogen-bond acceptors (Lipinski definition) is 19. The lowest BCUT2D eigenvalue weighted by atomic mass is 10.1.